The molecule has 0 atom stereocenters. The van der Waals surface area contributed by atoms with E-state index in [-0.39, 0.29) is 5.41 Å². The molecule has 19 heavy (non-hydrogen) atoms. The van der Waals surface area contributed by atoms with Crippen LogP contribution in [0.1, 0.15) is 38.3 Å². The molecule has 0 fully saturated rings. The van der Waals surface area contributed by atoms with Crippen LogP contribution in [0.15, 0.2) is 23.1 Å². The van der Waals surface area contributed by atoms with Crippen LogP contribution in [0.5, 0.6) is 0 Å². The minimum absolute atomic E-state index is 0.0435. The average Bonchev–Trinajstić information content (AvgIpc) is 2.36. The highest BCUT2D eigenvalue weighted by Gasteiger charge is 2.21. The van der Waals surface area contributed by atoms with Crippen molar-refractivity contribution in [2.24, 2.45) is 11.1 Å². The van der Waals surface area contributed by atoms with Crippen molar-refractivity contribution in [2.75, 3.05) is 6.54 Å². The summed E-state index contributed by atoms with van der Waals surface area (Å²) in [6.07, 6.45) is 0.917. The van der Waals surface area contributed by atoms with Gasteiger partial charge in [0.05, 0.1) is 4.90 Å². The molecule has 3 N–H and O–H groups in total. The van der Waals surface area contributed by atoms with Crippen molar-refractivity contribution in [3.8, 4) is 0 Å². The van der Waals surface area contributed by atoms with Gasteiger partial charge < -0.3 is 5.73 Å². The zero-order chi connectivity index (χ0) is 14.7. The van der Waals surface area contributed by atoms with Crippen LogP contribution < -0.4 is 10.5 Å². The second-order valence-corrected chi connectivity index (χ2v) is 7.38. The fraction of sp³-hybridized carbons (Fsp3) is 0.571. The molecule has 0 bridgehead atoms. The van der Waals surface area contributed by atoms with Crippen molar-refractivity contribution < 1.29 is 8.42 Å². The first-order valence-corrected chi connectivity index (χ1v) is 7.99. The molecule has 0 aliphatic heterocycles. The molecule has 4 nitrogen and oxygen atoms in total. The standard InChI is InChI=1S/C14H24N2O2S/c1-5-14(3,4)10-16-19(17,18)13-7-6-12(9-15)8-11(13)2/h6-8,16H,5,9-10,15H2,1-4H3. The molecule has 0 heterocycles. The van der Waals surface area contributed by atoms with E-state index in [2.05, 4.69) is 11.6 Å². The molecule has 0 saturated carbocycles. The van der Waals surface area contributed by atoms with Crippen LogP contribution >= 0.6 is 0 Å². The van der Waals surface area contributed by atoms with Crippen molar-refractivity contribution in [2.45, 2.75) is 45.6 Å². The second-order valence-electron chi connectivity index (χ2n) is 5.65. The Labute approximate surface area is 116 Å². The Morgan fingerprint density at radius 3 is 2.42 bits per heavy atom. The fourth-order valence-electron chi connectivity index (χ4n) is 1.63. The van der Waals surface area contributed by atoms with E-state index in [0.717, 1.165) is 17.5 Å². The number of hydrogen-bond donors (Lipinski definition) is 2. The van der Waals surface area contributed by atoms with E-state index < -0.39 is 10.0 Å². The monoisotopic (exact) mass is 284 g/mol. The molecule has 0 aliphatic rings. The van der Waals surface area contributed by atoms with Gasteiger partial charge in [0.15, 0.2) is 0 Å². The van der Waals surface area contributed by atoms with Crippen molar-refractivity contribution in [3.05, 3.63) is 29.3 Å². The van der Waals surface area contributed by atoms with Gasteiger partial charge in [0.2, 0.25) is 10.0 Å². The predicted molar refractivity (Wildman–Crippen MR) is 78.3 cm³/mol. The number of aryl methyl sites for hydroxylation is 1. The lowest BCUT2D eigenvalue weighted by molar-refractivity contribution is 0.350. The summed E-state index contributed by atoms with van der Waals surface area (Å²) in [7, 11) is -3.45. The lowest BCUT2D eigenvalue weighted by Gasteiger charge is -2.23. The van der Waals surface area contributed by atoms with E-state index >= 15 is 0 Å². The molecule has 0 aromatic heterocycles. The molecule has 1 rings (SSSR count). The summed E-state index contributed by atoms with van der Waals surface area (Å²) < 4.78 is 27.2. The molecular weight excluding hydrogens is 260 g/mol. The van der Waals surface area contributed by atoms with Gasteiger partial charge in [-0.3, -0.25) is 0 Å². The predicted octanol–water partition coefficient (Wildman–Crippen LogP) is 2.17. The first-order valence-electron chi connectivity index (χ1n) is 6.51. The van der Waals surface area contributed by atoms with Gasteiger partial charge in [0.25, 0.3) is 0 Å². The smallest absolute Gasteiger partial charge is 0.240 e. The minimum Gasteiger partial charge on any atom is -0.326 e. The molecule has 0 aliphatic carbocycles. The van der Waals surface area contributed by atoms with Gasteiger partial charge in [0.1, 0.15) is 0 Å². The SMILES string of the molecule is CCC(C)(C)CNS(=O)(=O)c1ccc(CN)cc1C. The van der Waals surface area contributed by atoms with E-state index in [4.69, 9.17) is 5.73 Å². The van der Waals surface area contributed by atoms with Gasteiger partial charge >= 0.3 is 0 Å². The van der Waals surface area contributed by atoms with Crippen molar-refractivity contribution in [3.63, 3.8) is 0 Å². The van der Waals surface area contributed by atoms with Gasteiger partial charge in [0, 0.05) is 13.1 Å². The molecule has 0 saturated heterocycles. The van der Waals surface area contributed by atoms with Gasteiger partial charge in [-0.1, -0.05) is 32.9 Å². The summed E-state index contributed by atoms with van der Waals surface area (Å²) in [4.78, 5) is 0.330. The van der Waals surface area contributed by atoms with Crippen LogP contribution in [-0.2, 0) is 16.6 Å². The highest BCUT2D eigenvalue weighted by Crippen LogP contribution is 2.21. The molecule has 5 heteroatoms. The maximum Gasteiger partial charge on any atom is 0.240 e. The molecule has 1 aromatic rings. The number of benzene rings is 1. The van der Waals surface area contributed by atoms with Crippen molar-refractivity contribution in [1.82, 2.24) is 4.72 Å². The Kier molecular flexibility index (Phi) is 5.12. The summed E-state index contributed by atoms with van der Waals surface area (Å²) in [6.45, 7) is 8.77. The van der Waals surface area contributed by atoms with Crippen molar-refractivity contribution in [1.29, 1.82) is 0 Å². The number of nitrogens with two attached hydrogens (primary N) is 1. The highest BCUT2D eigenvalue weighted by molar-refractivity contribution is 7.89. The molecule has 108 valence electrons. The Morgan fingerprint density at radius 2 is 1.95 bits per heavy atom. The normalized spacial score (nSPS) is 12.7. The maximum atomic E-state index is 12.3. The zero-order valence-corrected chi connectivity index (χ0v) is 13.0. The topological polar surface area (TPSA) is 72.2 Å². The first kappa shape index (κ1) is 16.1. The Bertz CT molecular complexity index is 536. The van der Waals surface area contributed by atoms with Gasteiger partial charge in [-0.2, -0.15) is 0 Å². The number of rotatable bonds is 6. The summed E-state index contributed by atoms with van der Waals surface area (Å²) in [6, 6.07) is 5.20. The summed E-state index contributed by atoms with van der Waals surface area (Å²) in [5.74, 6) is 0. The van der Waals surface area contributed by atoms with Crippen LogP contribution in [0.25, 0.3) is 0 Å². The van der Waals surface area contributed by atoms with E-state index in [1.165, 1.54) is 0 Å². The molecule has 0 spiro atoms. The van der Waals surface area contributed by atoms with Gasteiger partial charge in [-0.15, -0.1) is 0 Å². The van der Waals surface area contributed by atoms with Gasteiger partial charge in [-0.05, 0) is 36.0 Å². The quantitative estimate of drug-likeness (QED) is 0.841. The van der Waals surface area contributed by atoms with E-state index in [9.17, 15) is 8.42 Å². The maximum absolute atomic E-state index is 12.3. The van der Waals surface area contributed by atoms with Crippen LogP contribution in [0.2, 0.25) is 0 Å². The largest absolute Gasteiger partial charge is 0.326 e. The third kappa shape index (κ3) is 4.30. The van der Waals surface area contributed by atoms with Crippen LogP contribution in [0.3, 0.4) is 0 Å². The molecular formula is C14H24N2O2S. The molecule has 0 unspecified atom stereocenters. The summed E-state index contributed by atoms with van der Waals surface area (Å²) in [5.41, 5.74) is 7.17. The third-order valence-electron chi connectivity index (χ3n) is 3.46. The van der Waals surface area contributed by atoms with Crippen LogP contribution in [0, 0.1) is 12.3 Å². The number of hydrogen-bond acceptors (Lipinski definition) is 3. The zero-order valence-electron chi connectivity index (χ0n) is 12.2. The lowest BCUT2D eigenvalue weighted by atomic mass is 9.91. The molecule has 0 radical (unpaired) electrons. The van der Waals surface area contributed by atoms with E-state index in [1.807, 2.05) is 19.9 Å². The highest BCUT2D eigenvalue weighted by atomic mass is 32.2. The van der Waals surface area contributed by atoms with E-state index in [0.29, 0.717) is 18.0 Å². The third-order valence-corrected chi connectivity index (χ3v) is 5.02. The Hall–Kier alpha value is -0.910. The summed E-state index contributed by atoms with van der Waals surface area (Å²) >= 11 is 0. The lowest BCUT2D eigenvalue weighted by Crippen LogP contribution is -2.34. The minimum atomic E-state index is -3.45. The number of sulfonamides is 1. The Balaban J connectivity index is 2.95. The van der Waals surface area contributed by atoms with Gasteiger partial charge in [-0.25, -0.2) is 13.1 Å². The van der Waals surface area contributed by atoms with Crippen LogP contribution in [-0.4, -0.2) is 15.0 Å². The van der Waals surface area contributed by atoms with Crippen LogP contribution in [0.4, 0.5) is 0 Å². The fourth-order valence-corrected chi connectivity index (χ4v) is 3.10. The van der Waals surface area contributed by atoms with E-state index in [1.54, 1.807) is 19.1 Å². The first-order chi connectivity index (χ1) is 8.72. The summed E-state index contributed by atoms with van der Waals surface area (Å²) in [5, 5.41) is 0. The Morgan fingerprint density at radius 1 is 1.32 bits per heavy atom. The molecule has 1 aromatic carbocycles. The second kappa shape index (κ2) is 6.03. The number of nitrogens with one attached hydrogen (secondary N) is 1. The molecule has 0 amide bonds. The average molecular weight is 284 g/mol. The van der Waals surface area contributed by atoms with Crippen molar-refractivity contribution >= 4 is 10.0 Å².